The van der Waals surface area contributed by atoms with Gasteiger partial charge in [-0.25, -0.2) is 4.39 Å². The molecule has 0 aliphatic carbocycles. The summed E-state index contributed by atoms with van der Waals surface area (Å²) in [4.78, 5) is 11.9. The maximum absolute atomic E-state index is 13.5. The average molecular weight is 334 g/mol. The first-order valence-electron chi connectivity index (χ1n) is 6.05. The molecule has 0 atom stereocenters. The molecule has 4 heteroatoms. The molecule has 0 fully saturated rings. The number of rotatable bonds is 4. The van der Waals surface area contributed by atoms with Crippen LogP contribution in [0.3, 0.4) is 0 Å². The summed E-state index contributed by atoms with van der Waals surface area (Å²) in [5, 5.41) is 2.75. The SMILES string of the molecule is Cc1ccc(C(=O)/C=C/Nc2ccc(Br)cc2F)cc1. The molecule has 0 aliphatic heterocycles. The molecule has 1 N–H and O–H groups in total. The Labute approximate surface area is 125 Å². The van der Waals surface area contributed by atoms with E-state index in [0.717, 1.165) is 5.56 Å². The predicted octanol–water partition coefficient (Wildman–Crippen LogP) is 4.71. The van der Waals surface area contributed by atoms with Crippen molar-refractivity contribution in [3.63, 3.8) is 0 Å². The normalized spacial score (nSPS) is 10.8. The molecule has 0 aromatic heterocycles. The van der Waals surface area contributed by atoms with E-state index in [0.29, 0.717) is 15.7 Å². The summed E-state index contributed by atoms with van der Waals surface area (Å²) in [5.41, 5.74) is 2.02. The van der Waals surface area contributed by atoms with E-state index in [4.69, 9.17) is 0 Å². The lowest BCUT2D eigenvalue weighted by molar-refractivity contribution is 0.104. The number of ketones is 1. The summed E-state index contributed by atoms with van der Waals surface area (Å²) < 4.78 is 14.2. The van der Waals surface area contributed by atoms with E-state index in [-0.39, 0.29) is 11.6 Å². The zero-order chi connectivity index (χ0) is 14.5. The van der Waals surface area contributed by atoms with Gasteiger partial charge in [-0.1, -0.05) is 45.8 Å². The molecule has 0 spiro atoms. The molecular weight excluding hydrogens is 321 g/mol. The first-order valence-corrected chi connectivity index (χ1v) is 6.85. The molecule has 0 bridgehead atoms. The van der Waals surface area contributed by atoms with Gasteiger partial charge in [-0.2, -0.15) is 0 Å². The molecule has 2 rings (SSSR count). The van der Waals surface area contributed by atoms with Gasteiger partial charge in [0, 0.05) is 22.3 Å². The zero-order valence-electron chi connectivity index (χ0n) is 10.9. The predicted molar refractivity (Wildman–Crippen MR) is 82.4 cm³/mol. The van der Waals surface area contributed by atoms with Gasteiger partial charge in [-0.15, -0.1) is 0 Å². The summed E-state index contributed by atoms with van der Waals surface area (Å²) in [6.07, 6.45) is 2.82. The van der Waals surface area contributed by atoms with Crippen molar-refractivity contribution in [1.82, 2.24) is 0 Å². The Balaban J connectivity index is 2.02. The highest BCUT2D eigenvalue weighted by molar-refractivity contribution is 9.10. The monoisotopic (exact) mass is 333 g/mol. The topological polar surface area (TPSA) is 29.1 Å². The van der Waals surface area contributed by atoms with Crippen molar-refractivity contribution in [3.05, 3.63) is 76.2 Å². The Hall–Kier alpha value is -1.94. The van der Waals surface area contributed by atoms with E-state index >= 15 is 0 Å². The standard InChI is InChI=1S/C16H13BrFNO/c1-11-2-4-12(5-3-11)16(20)8-9-19-15-7-6-13(17)10-14(15)18/h2-10,19H,1H3/b9-8+. The van der Waals surface area contributed by atoms with Crippen LogP contribution >= 0.6 is 15.9 Å². The quantitative estimate of drug-likeness (QED) is 0.648. The second-order valence-electron chi connectivity index (χ2n) is 4.33. The number of hydrogen-bond donors (Lipinski definition) is 1. The Kier molecular flexibility index (Phi) is 4.69. The number of nitrogens with one attached hydrogen (secondary N) is 1. The van der Waals surface area contributed by atoms with Crippen LogP contribution in [-0.4, -0.2) is 5.78 Å². The fourth-order valence-electron chi connectivity index (χ4n) is 1.63. The van der Waals surface area contributed by atoms with Crippen molar-refractivity contribution in [3.8, 4) is 0 Å². The van der Waals surface area contributed by atoms with Gasteiger partial charge in [0.05, 0.1) is 5.69 Å². The van der Waals surface area contributed by atoms with Crippen LogP contribution in [0.1, 0.15) is 15.9 Å². The molecule has 20 heavy (non-hydrogen) atoms. The second-order valence-corrected chi connectivity index (χ2v) is 5.25. The van der Waals surface area contributed by atoms with Crippen molar-refractivity contribution in [2.75, 3.05) is 5.32 Å². The number of hydrogen-bond acceptors (Lipinski definition) is 2. The average Bonchev–Trinajstić information content (AvgIpc) is 2.42. The van der Waals surface area contributed by atoms with Crippen LogP contribution < -0.4 is 5.32 Å². The van der Waals surface area contributed by atoms with Crippen molar-refractivity contribution in [1.29, 1.82) is 0 Å². The van der Waals surface area contributed by atoms with Gasteiger partial charge >= 0.3 is 0 Å². The third-order valence-corrected chi connectivity index (χ3v) is 3.23. The van der Waals surface area contributed by atoms with Crippen LogP contribution in [0.25, 0.3) is 0 Å². The number of anilines is 1. The molecule has 0 saturated heterocycles. The van der Waals surface area contributed by atoms with Crippen LogP contribution in [0.5, 0.6) is 0 Å². The molecule has 2 nitrogen and oxygen atoms in total. The van der Waals surface area contributed by atoms with Crippen molar-refractivity contribution >= 4 is 27.4 Å². The largest absolute Gasteiger partial charge is 0.359 e. The highest BCUT2D eigenvalue weighted by atomic mass is 79.9. The van der Waals surface area contributed by atoms with E-state index in [1.54, 1.807) is 24.3 Å². The van der Waals surface area contributed by atoms with Crippen LogP contribution in [0.2, 0.25) is 0 Å². The minimum absolute atomic E-state index is 0.130. The maximum Gasteiger partial charge on any atom is 0.187 e. The molecule has 0 unspecified atom stereocenters. The minimum atomic E-state index is -0.383. The number of allylic oxidation sites excluding steroid dienone is 1. The first-order chi connectivity index (χ1) is 9.56. The van der Waals surface area contributed by atoms with Crippen LogP contribution in [0.15, 0.2) is 59.2 Å². The number of carbonyl (C=O) groups is 1. The molecule has 0 heterocycles. The van der Waals surface area contributed by atoms with Crippen LogP contribution in [-0.2, 0) is 0 Å². The lowest BCUT2D eigenvalue weighted by atomic mass is 10.1. The van der Waals surface area contributed by atoms with Gasteiger partial charge in [-0.05, 0) is 25.1 Å². The van der Waals surface area contributed by atoms with E-state index in [1.165, 1.54) is 18.3 Å². The molecule has 2 aromatic rings. The van der Waals surface area contributed by atoms with Crippen LogP contribution in [0, 0.1) is 12.7 Å². The van der Waals surface area contributed by atoms with Crippen molar-refractivity contribution in [2.45, 2.75) is 6.92 Å². The van der Waals surface area contributed by atoms with E-state index in [1.807, 2.05) is 19.1 Å². The van der Waals surface area contributed by atoms with Crippen LogP contribution in [0.4, 0.5) is 10.1 Å². The summed E-state index contributed by atoms with van der Waals surface area (Å²) in [6.45, 7) is 1.96. The van der Waals surface area contributed by atoms with E-state index in [2.05, 4.69) is 21.2 Å². The molecule has 102 valence electrons. The third-order valence-electron chi connectivity index (χ3n) is 2.74. The number of aryl methyl sites for hydroxylation is 1. The van der Waals surface area contributed by atoms with Gasteiger partial charge in [0.25, 0.3) is 0 Å². The van der Waals surface area contributed by atoms with Crippen molar-refractivity contribution in [2.24, 2.45) is 0 Å². The minimum Gasteiger partial charge on any atom is -0.359 e. The molecular formula is C16H13BrFNO. The van der Waals surface area contributed by atoms with Gasteiger partial charge in [0.15, 0.2) is 5.78 Å². The second kappa shape index (κ2) is 6.48. The molecule has 0 saturated carbocycles. The van der Waals surface area contributed by atoms with Gasteiger partial charge in [0.2, 0.25) is 0 Å². The van der Waals surface area contributed by atoms with Gasteiger partial charge < -0.3 is 5.32 Å². The number of benzene rings is 2. The molecule has 2 aromatic carbocycles. The maximum atomic E-state index is 13.5. The van der Waals surface area contributed by atoms with Gasteiger partial charge in [-0.3, -0.25) is 4.79 Å². The zero-order valence-corrected chi connectivity index (χ0v) is 12.4. The highest BCUT2D eigenvalue weighted by Crippen LogP contribution is 2.19. The summed E-state index contributed by atoms with van der Waals surface area (Å²) in [6, 6.07) is 12.0. The lowest BCUT2D eigenvalue weighted by Crippen LogP contribution is -1.97. The van der Waals surface area contributed by atoms with E-state index < -0.39 is 0 Å². The number of carbonyl (C=O) groups excluding carboxylic acids is 1. The summed E-state index contributed by atoms with van der Waals surface area (Å²) in [5.74, 6) is -0.512. The van der Waals surface area contributed by atoms with Gasteiger partial charge in [0.1, 0.15) is 5.82 Å². The fourth-order valence-corrected chi connectivity index (χ4v) is 1.96. The Bertz CT molecular complexity index is 650. The lowest BCUT2D eigenvalue weighted by Gasteiger charge is -2.02. The third kappa shape index (κ3) is 3.78. The Morgan fingerprint density at radius 2 is 1.90 bits per heavy atom. The Morgan fingerprint density at radius 1 is 1.20 bits per heavy atom. The Morgan fingerprint density at radius 3 is 2.55 bits per heavy atom. The number of halogens is 2. The first kappa shape index (κ1) is 14.5. The molecule has 0 aliphatic rings. The summed E-state index contributed by atoms with van der Waals surface area (Å²) in [7, 11) is 0. The smallest absolute Gasteiger partial charge is 0.187 e. The highest BCUT2D eigenvalue weighted by Gasteiger charge is 2.02. The molecule has 0 radical (unpaired) electrons. The summed E-state index contributed by atoms with van der Waals surface area (Å²) >= 11 is 3.18. The van der Waals surface area contributed by atoms with Crippen molar-refractivity contribution < 1.29 is 9.18 Å². The van der Waals surface area contributed by atoms with E-state index in [9.17, 15) is 9.18 Å². The molecule has 0 amide bonds. The fraction of sp³-hybridized carbons (Fsp3) is 0.0625.